The van der Waals surface area contributed by atoms with Crippen molar-refractivity contribution >= 4 is 55.2 Å². The van der Waals surface area contributed by atoms with Gasteiger partial charge in [0.2, 0.25) is 20.0 Å². The quantitative estimate of drug-likeness (QED) is 0.116. The number of nitrogen functional groups attached to an aromatic ring is 3. The van der Waals surface area contributed by atoms with Crippen molar-refractivity contribution in [3.8, 4) is 51.2 Å². The van der Waals surface area contributed by atoms with Gasteiger partial charge in [-0.15, -0.1) is 0 Å². The predicted octanol–water partition coefficient (Wildman–Crippen LogP) is 4.84. The molecular weight excluding hydrogens is 1600 g/mol. The molecule has 654 valence electrons. The van der Waals surface area contributed by atoms with E-state index in [4.69, 9.17) is 32.2 Å². The number of carbonyl (C=O) groups is 3. The van der Waals surface area contributed by atoms with Crippen molar-refractivity contribution in [3.05, 3.63) is 159 Å². The second-order valence-corrected chi connectivity index (χ2v) is 39.1. The highest BCUT2D eigenvalue weighted by atomic mass is 32.2. The second-order valence-electron chi connectivity index (χ2n) is 34.6. The summed E-state index contributed by atoms with van der Waals surface area (Å²) >= 11 is 0. The molecule has 9 aromatic rings. The Kier molecular flexibility index (Phi) is 25.7. The number of amides is 3. The molecule has 36 heteroatoms. The molecular formula is C87H117N27O7S2. The molecule has 18 rings (SSSR count). The minimum atomic E-state index is -3.16. The predicted molar refractivity (Wildman–Crippen MR) is 473 cm³/mol. The van der Waals surface area contributed by atoms with Gasteiger partial charge in [0.25, 0.3) is 17.7 Å². The summed E-state index contributed by atoms with van der Waals surface area (Å²) in [7, 11) is 2.32. The maximum Gasteiger partial charge on any atom is 0.257 e. The number of piperazine rings is 3. The van der Waals surface area contributed by atoms with E-state index in [1.807, 2.05) is 9.80 Å². The monoisotopic (exact) mass is 1720 g/mol. The maximum absolute atomic E-state index is 13.4. The number of nitrogens with zero attached hydrogens (tertiary/aromatic N) is 24. The van der Waals surface area contributed by atoms with E-state index in [0.717, 1.165) is 146 Å². The zero-order valence-electron chi connectivity index (χ0n) is 72.4. The van der Waals surface area contributed by atoms with Crippen LogP contribution in [0.2, 0.25) is 0 Å². The molecule has 0 radical (unpaired) electrons. The number of aromatic nitrogens is 12. The molecule has 0 atom stereocenters. The minimum absolute atomic E-state index is 0.00129. The number of likely N-dealkylation sites (N-methyl/N-ethyl adjacent to an activating group) is 3. The normalized spacial score (nSPS) is 19.5. The Morgan fingerprint density at radius 1 is 0.374 bits per heavy atom. The van der Waals surface area contributed by atoms with Gasteiger partial charge in [0.15, 0.2) is 34.9 Å². The molecule has 0 aliphatic carbocycles. The SMILES string of the molecule is CCS(=O)(=O)N1CCC(N2CCN(C(=O)c3cnn(-c4nc(-c5cc(C)c6c(c5)CN(C)CC6)cnc4N)c3)CC2)CC1.CCS(=O)(=O)N1CCN(C2CN(C(=O)c3cnn(-c4nc(-c5cc(C)c6c(c5)CN(C)CC6)cnc4N)c3)C2)CC1.Cc1cc(-c2cnc(N)c(-n3cc(C(=O)N4CCN(C5CCN(C)CC5)CC4)cn3)n2)cc2c1CCN(C)C2. The highest BCUT2D eigenvalue weighted by Gasteiger charge is 2.40. The van der Waals surface area contributed by atoms with Crippen LogP contribution in [0.3, 0.4) is 0 Å². The number of sulfonamides is 2. The number of anilines is 3. The number of fused-ring (bicyclic) bond motifs is 3. The van der Waals surface area contributed by atoms with Gasteiger partial charge in [0.05, 0.1) is 82.5 Å². The number of aryl methyl sites for hydroxylation is 3. The molecule has 0 bridgehead atoms. The summed E-state index contributed by atoms with van der Waals surface area (Å²) in [6.07, 6.45) is 22.1. The van der Waals surface area contributed by atoms with Crippen LogP contribution in [0.1, 0.15) is 121 Å². The third-order valence-corrected chi connectivity index (χ3v) is 30.2. The first-order valence-corrected chi connectivity index (χ1v) is 46.5. The number of rotatable bonds is 16. The van der Waals surface area contributed by atoms with E-state index >= 15 is 0 Å². The number of piperidine rings is 2. The van der Waals surface area contributed by atoms with Gasteiger partial charge in [-0.3, -0.25) is 29.1 Å². The summed E-state index contributed by atoms with van der Waals surface area (Å²) in [6, 6.07) is 14.3. The number of benzene rings is 3. The van der Waals surface area contributed by atoms with Crippen LogP contribution in [0.4, 0.5) is 17.5 Å². The molecule has 0 unspecified atom stereocenters. The molecule has 6 aromatic heterocycles. The molecule has 9 aliphatic rings. The number of carbonyl (C=O) groups excluding carboxylic acids is 3. The van der Waals surface area contributed by atoms with Crippen molar-refractivity contribution in [2.45, 2.75) is 117 Å². The standard InChI is InChI=1S/C30H41N9O3S.C29H39N9O.C28H37N9O3S/c1-4-43(41,42)38-9-5-25(6-10-38)36-11-13-37(14-12-36)30(40)24-17-33-39(20-24)29-28(31)32-18-27(34-29)22-15-21(2)26-7-8-35(3)19-23(26)16-22;1-20-14-21(15-22-18-35(3)9-6-25(20)22)26-17-31-27(30)28(33-26)38-19-23(16-32-38)29(39)37-12-10-36(11-13-37)24-4-7-34(2)8-5-24;1-4-41(39,40)36-9-7-34(8-10-36)23-17-35(18-23)28(38)22-13-31-37(16-22)27-26(29)30-14-25(32-27)20-11-19(2)24-5-6-33(3)15-21(24)12-20/h15-18,20,25H,4-14,19H2,1-3H3,(H2,31,32);14-17,19,24H,4-13,18H2,1-3H3,(H2,30,31);11-14,16,23H,4-10,15,17-18H2,1-3H3,(H2,29,30). The average Bonchev–Trinajstić information content (AvgIpc) is 1.76. The fraction of sp³-hybridized carbons (Fsp3) is 0.517. The van der Waals surface area contributed by atoms with Gasteiger partial charge >= 0.3 is 0 Å². The van der Waals surface area contributed by atoms with Gasteiger partial charge in [-0.25, -0.2) is 65.1 Å². The van der Waals surface area contributed by atoms with Crippen LogP contribution < -0.4 is 17.2 Å². The first-order valence-electron chi connectivity index (χ1n) is 43.3. The van der Waals surface area contributed by atoms with Crippen molar-refractivity contribution in [2.24, 2.45) is 0 Å². The fourth-order valence-electron chi connectivity index (χ4n) is 18.9. The minimum Gasteiger partial charge on any atom is -0.381 e. The third kappa shape index (κ3) is 19.0. The molecule has 6 saturated heterocycles. The van der Waals surface area contributed by atoms with Gasteiger partial charge in [-0.1, -0.05) is 0 Å². The summed E-state index contributed by atoms with van der Waals surface area (Å²) in [5, 5.41) is 13.3. The lowest BCUT2D eigenvalue weighted by atomic mass is 9.92. The molecule has 6 N–H and O–H groups in total. The molecule has 9 aliphatic heterocycles. The Morgan fingerprint density at radius 3 is 1.02 bits per heavy atom. The zero-order valence-corrected chi connectivity index (χ0v) is 74.0. The van der Waals surface area contributed by atoms with Crippen LogP contribution in [0.5, 0.6) is 0 Å². The van der Waals surface area contributed by atoms with Gasteiger partial charge in [-0.05, 0) is 207 Å². The molecule has 15 heterocycles. The lowest BCUT2D eigenvalue weighted by Gasteiger charge is -2.47. The first kappa shape index (κ1) is 86.4. The highest BCUT2D eigenvalue weighted by molar-refractivity contribution is 7.89. The summed E-state index contributed by atoms with van der Waals surface area (Å²) in [6.45, 7) is 28.8. The molecule has 6 fully saturated rings. The van der Waals surface area contributed by atoms with Crippen molar-refractivity contribution < 1.29 is 31.2 Å². The first-order chi connectivity index (χ1) is 59.1. The summed E-state index contributed by atoms with van der Waals surface area (Å²) < 4.78 is 56.5. The summed E-state index contributed by atoms with van der Waals surface area (Å²) in [4.78, 5) is 89.8. The van der Waals surface area contributed by atoms with Gasteiger partial charge < -0.3 is 51.5 Å². The van der Waals surface area contributed by atoms with Gasteiger partial charge in [0, 0.05) is 197 Å². The lowest BCUT2D eigenvalue weighted by molar-refractivity contribution is 0.0164. The second kappa shape index (κ2) is 36.6. The molecule has 34 nitrogen and oxygen atoms in total. The summed E-state index contributed by atoms with van der Waals surface area (Å²) in [5.74, 6) is 2.06. The Balaban J connectivity index is 0.000000137. The number of hydrogen-bond donors (Lipinski definition) is 3. The van der Waals surface area contributed by atoms with E-state index in [2.05, 4.69) is 150 Å². The van der Waals surface area contributed by atoms with E-state index in [0.29, 0.717) is 123 Å². The van der Waals surface area contributed by atoms with Crippen molar-refractivity contribution in [1.82, 2.24) is 117 Å². The van der Waals surface area contributed by atoms with Crippen LogP contribution in [0.15, 0.2) is 92.2 Å². The van der Waals surface area contributed by atoms with Crippen LogP contribution >= 0.6 is 0 Å². The molecule has 3 amide bonds. The average molecular weight is 1720 g/mol. The Hall–Kier alpha value is -10.1. The van der Waals surface area contributed by atoms with E-state index < -0.39 is 20.0 Å². The summed E-state index contributed by atoms with van der Waals surface area (Å²) in [5.41, 5.74) is 37.3. The van der Waals surface area contributed by atoms with E-state index in [1.54, 1.807) is 81.6 Å². The van der Waals surface area contributed by atoms with Gasteiger partial charge in [0.1, 0.15) is 0 Å². The molecule has 0 spiro atoms. The number of nitrogens with two attached hydrogens (primary N) is 3. The van der Waals surface area contributed by atoms with Crippen molar-refractivity contribution in [3.63, 3.8) is 0 Å². The largest absolute Gasteiger partial charge is 0.381 e. The molecule has 3 aromatic carbocycles. The van der Waals surface area contributed by atoms with Crippen molar-refractivity contribution in [2.75, 3.05) is 194 Å². The van der Waals surface area contributed by atoms with E-state index in [9.17, 15) is 31.2 Å². The Labute approximate surface area is 721 Å². The number of likely N-dealkylation sites (tertiary alicyclic amines) is 2. The van der Waals surface area contributed by atoms with E-state index in [1.165, 1.54) is 78.5 Å². The topological polar surface area (TPSA) is 367 Å². The smallest absolute Gasteiger partial charge is 0.257 e. The maximum atomic E-state index is 13.4. The molecule has 0 saturated carbocycles. The highest BCUT2D eigenvalue weighted by Crippen LogP contribution is 2.35. The van der Waals surface area contributed by atoms with E-state index in [-0.39, 0.29) is 52.7 Å². The van der Waals surface area contributed by atoms with Crippen LogP contribution in [-0.2, 0) is 58.9 Å². The third-order valence-electron chi connectivity index (χ3n) is 26.4. The molecule has 123 heavy (non-hydrogen) atoms. The Morgan fingerprint density at radius 2 is 0.683 bits per heavy atom. The van der Waals surface area contributed by atoms with Crippen molar-refractivity contribution in [1.29, 1.82) is 0 Å². The van der Waals surface area contributed by atoms with Crippen LogP contribution in [0, 0.1) is 20.8 Å². The van der Waals surface area contributed by atoms with Crippen LogP contribution in [0.25, 0.3) is 51.2 Å². The fourth-order valence-corrected chi connectivity index (χ4v) is 21.1. The Bertz CT molecular complexity index is 5610. The zero-order chi connectivity index (χ0) is 86.3. The van der Waals surface area contributed by atoms with Gasteiger partial charge in [-0.2, -0.15) is 19.6 Å². The number of hydrogen-bond acceptors (Lipinski definition) is 26. The van der Waals surface area contributed by atoms with Crippen LogP contribution in [-0.4, -0.2) is 347 Å². The lowest BCUT2D eigenvalue weighted by Crippen LogP contribution is -2.64.